The Bertz CT molecular complexity index is 660. The Morgan fingerprint density at radius 3 is 2.41 bits per heavy atom. The lowest BCUT2D eigenvalue weighted by Crippen LogP contribution is -2.16. The summed E-state index contributed by atoms with van der Waals surface area (Å²) < 4.78 is 28.2. The molecular weight excluding hydrogens is 280 g/mol. The zero-order chi connectivity index (χ0) is 15.7. The van der Waals surface area contributed by atoms with Crippen molar-refractivity contribution in [2.75, 3.05) is 11.9 Å². The Labute approximate surface area is 130 Å². The molecule has 0 atom stereocenters. The second kappa shape index (κ2) is 5.71. The molecule has 2 aromatic rings. The molecule has 0 aromatic heterocycles. The van der Waals surface area contributed by atoms with Gasteiger partial charge in [0.15, 0.2) is 0 Å². The Kier molecular flexibility index (Phi) is 3.90. The molecule has 0 unspecified atom stereocenters. The van der Waals surface area contributed by atoms with Crippen molar-refractivity contribution in [3.05, 3.63) is 53.6 Å². The van der Waals surface area contributed by atoms with E-state index >= 15 is 0 Å². The molecule has 0 saturated carbocycles. The lowest BCUT2D eigenvalue weighted by Gasteiger charge is -2.19. The van der Waals surface area contributed by atoms with Gasteiger partial charge in [0.1, 0.15) is 0 Å². The van der Waals surface area contributed by atoms with Crippen LogP contribution in [-0.4, -0.2) is 6.54 Å². The highest BCUT2D eigenvalue weighted by molar-refractivity contribution is 5.70. The van der Waals surface area contributed by atoms with Crippen LogP contribution in [-0.2, 0) is 12.3 Å². The van der Waals surface area contributed by atoms with Crippen LogP contribution >= 0.6 is 0 Å². The predicted octanol–water partition coefficient (Wildman–Crippen LogP) is 5.46. The van der Waals surface area contributed by atoms with Crippen LogP contribution in [0.25, 0.3) is 11.1 Å². The molecule has 2 aromatic carbocycles. The normalized spacial score (nSPS) is 14.0. The summed E-state index contributed by atoms with van der Waals surface area (Å²) in [7, 11) is 0. The van der Waals surface area contributed by atoms with Gasteiger partial charge in [-0.15, -0.1) is 0 Å². The molecule has 0 radical (unpaired) electrons. The third-order valence-corrected chi connectivity index (χ3v) is 4.12. The van der Waals surface area contributed by atoms with Crippen molar-refractivity contribution in [3.8, 4) is 11.1 Å². The van der Waals surface area contributed by atoms with Crippen molar-refractivity contribution in [1.82, 2.24) is 0 Å². The molecule has 116 valence electrons. The average Bonchev–Trinajstić information content (AvgIpc) is 2.93. The van der Waals surface area contributed by atoms with Gasteiger partial charge in [-0.2, -0.15) is 0 Å². The third kappa shape index (κ3) is 2.99. The van der Waals surface area contributed by atoms with Crippen LogP contribution in [0.4, 0.5) is 14.5 Å². The minimum Gasteiger partial charge on any atom is -0.384 e. The fraction of sp³-hybridized carbons (Fsp3) is 0.368. The van der Waals surface area contributed by atoms with Crippen LogP contribution in [0.3, 0.4) is 0 Å². The summed E-state index contributed by atoms with van der Waals surface area (Å²) in [5.74, 6) is -2.78. The molecular formula is C19H21F2N. The van der Waals surface area contributed by atoms with E-state index in [2.05, 4.69) is 17.4 Å². The van der Waals surface area contributed by atoms with Gasteiger partial charge < -0.3 is 5.32 Å². The Morgan fingerprint density at radius 2 is 1.73 bits per heavy atom. The molecule has 1 aliphatic rings. The van der Waals surface area contributed by atoms with Crippen molar-refractivity contribution in [2.45, 2.75) is 32.6 Å². The Hall–Kier alpha value is -1.90. The first-order valence-corrected chi connectivity index (χ1v) is 7.81. The highest BCUT2D eigenvalue weighted by Gasteiger charge is 2.32. The second-order valence-electron chi connectivity index (χ2n) is 6.43. The lowest BCUT2D eigenvalue weighted by molar-refractivity contribution is -0.0249. The van der Waals surface area contributed by atoms with Crippen molar-refractivity contribution >= 4 is 5.69 Å². The highest BCUT2D eigenvalue weighted by Crippen LogP contribution is 2.36. The molecule has 1 N–H and O–H groups in total. The number of alkyl halides is 2. The molecule has 0 spiro atoms. The minimum absolute atomic E-state index is 0.0288. The molecule has 0 saturated heterocycles. The largest absolute Gasteiger partial charge is 0.384 e. The van der Waals surface area contributed by atoms with E-state index in [1.807, 2.05) is 19.9 Å². The topological polar surface area (TPSA) is 12.0 Å². The maximum Gasteiger partial charge on any atom is 0.273 e. The molecule has 0 aliphatic carbocycles. The summed E-state index contributed by atoms with van der Waals surface area (Å²) in [6, 6.07) is 13.0. The number of rotatable bonds is 4. The van der Waals surface area contributed by atoms with E-state index in [4.69, 9.17) is 0 Å². The Morgan fingerprint density at radius 1 is 1.05 bits per heavy atom. The summed E-state index contributed by atoms with van der Waals surface area (Å²) >= 11 is 0. The van der Waals surface area contributed by atoms with E-state index in [-0.39, 0.29) is 17.9 Å². The molecule has 0 fully saturated rings. The van der Waals surface area contributed by atoms with E-state index in [9.17, 15) is 8.78 Å². The number of hydrogen-bond acceptors (Lipinski definition) is 1. The van der Waals surface area contributed by atoms with E-state index in [1.54, 1.807) is 24.3 Å². The molecule has 0 bridgehead atoms. The zero-order valence-electron chi connectivity index (χ0n) is 13.0. The van der Waals surface area contributed by atoms with Gasteiger partial charge in [0.05, 0.1) is 0 Å². The van der Waals surface area contributed by atoms with Gasteiger partial charge in [0.25, 0.3) is 5.92 Å². The summed E-state index contributed by atoms with van der Waals surface area (Å²) in [6.07, 6.45) is 0.907. The van der Waals surface area contributed by atoms with Crippen molar-refractivity contribution in [2.24, 2.45) is 5.92 Å². The maximum absolute atomic E-state index is 14.1. The van der Waals surface area contributed by atoms with Crippen molar-refractivity contribution < 1.29 is 8.78 Å². The van der Waals surface area contributed by atoms with E-state index in [0.717, 1.165) is 24.1 Å². The van der Waals surface area contributed by atoms with Crippen LogP contribution < -0.4 is 5.32 Å². The fourth-order valence-corrected chi connectivity index (χ4v) is 3.02. The fourth-order valence-electron chi connectivity index (χ4n) is 3.02. The molecule has 0 amide bonds. The van der Waals surface area contributed by atoms with Gasteiger partial charge in [-0.25, -0.2) is 8.78 Å². The number of halogens is 2. The molecule has 22 heavy (non-hydrogen) atoms. The average molecular weight is 301 g/mol. The summed E-state index contributed by atoms with van der Waals surface area (Å²) in [5, 5.41) is 3.33. The monoisotopic (exact) mass is 301 g/mol. The van der Waals surface area contributed by atoms with Gasteiger partial charge in [-0.1, -0.05) is 44.2 Å². The summed E-state index contributed by atoms with van der Waals surface area (Å²) in [5.41, 5.74) is 4.66. The number of benzene rings is 2. The lowest BCUT2D eigenvalue weighted by atomic mass is 9.95. The second-order valence-corrected chi connectivity index (χ2v) is 6.43. The first kappa shape index (κ1) is 15.0. The minimum atomic E-state index is -2.76. The van der Waals surface area contributed by atoms with Gasteiger partial charge in [0.2, 0.25) is 0 Å². The number of fused-ring (bicyclic) bond motifs is 1. The third-order valence-electron chi connectivity index (χ3n) is 4.12. The van der Waals surface area contributed by atoms with Crippen LogP contribution in [0.5, 0.6) is 0 Å². The van der Waals surface area contributed by atoms with Gasteiger partial charge in [0, 0.05) is 24.2 Å². The van der Waals surface area contributed by atoms with E-state index in [0.29, 0.717) is 0 Å². The summed E-state index contributed by atoms with van der Waals surface area (Å²) in [4.78, 5) is 0. The van der Waals surface area contributed by atoms with Gasteiger partial charge in [-0.3, -0.25) is 0 Å². The first-order valence-electron chi connectivity index (χ1n) is 7.81. The quantitative estimate of drug-likeness (QED) is 0.790. The van der Waals surface area contributed by atoms with Crippen LogP contribution in [0, 0.1) is 5.92 Å². The van der Waals surface area contributed by atoms with Crippen LogP contribution in [0.2, 0.25) is 0 Å². The SMILES string of the molecule is CC(C)CC(F)(F)c1ccc(-c2ccc3c(c2)CCN3)cc1. The van der Waals surface area contributed by atoms with E-state index in [1.165, 1.54) is 11.3 Å². The number of hydrogen-bond donors (Lipinski definition) is 1. The number of nitrogens with one attached hydrogen (secondary N) is 1. The van der Waals surface area contributed by atoms with Crippen molar-refractivity contribution in [1.29, 1.82) is 0 Å². The molecule has 1 nitrogen and oxygen atoms in total. The van der Waals surface area contributed by atoms with E-state index < -0.39 is 5.92 Å². The Balaban J connectivity index is 1.85. The maximum atomic E-state index is 14.1. The predicted molar refractivity (Wildman–Crippen MR) is 87.4 cm³/mol. The molecule has 1 heterocycles. The summed E-state index contributed by atoms with van der Waals surface area (Å²) in [6.45, 7) is 4.61. The molecule has 3 heteroatoms. The number of anilines is 1. The van der Waals surface area contributed by atoms with Crippen molar-refractivity contribution in [3.63, 3.8) is 0 Å². The zero-order valence-corrected chi connectivity index (χ0v) is 13.0. The van der Waals surface area contributed by atoms with Crippen LogP contribution in [0.1, 0.15) is 31.4 Å². The van der Waals surface area contributed by atoms with Gasteiger partial charge in [-0.05, 0) is 41.2 Å². The van der Waals surface area contributed by atoms with Gasteiger partial charge >= 0.3 is 0 Å². The smallest absolute Gasteiger partial charge is 0.273 e. The van der Waals surface area contributed by atoms with Crippen LogP contribution in [0.15, 0.2) is 42.5 Å². The highest BCUT2D eigenvalue weighted by atomic mass is 19.3. The first-order chi connectivity index (χ1) is 10.5. The molecule has 1 aliphatic heterocycles. The molecule has 3 rings (SSSR count). The standard InChI is InChI=1S/C19H21F2N/c1-13(2)12-19(20,21)17-6-3-14(4-7-17)15-5-8-18-16(11-15)9-10-22-18/h3-8,11,13,22H,9-10,12H2,1-2H3.